The van der Waals surface area contributed by atoms with Crippen molar-refractivity contribution < 1.29 is 9.47 Å². The summed E-state index contributed by atoms with van der Waals surface area (Å²) in [5.41, 5.74) is 17.3. The maximum absolute atomic E-state index is 6.48. The van der Waals surface area contributed by atoms with Crippen molar-refractivity contribution >= 4 is 32.9 Å². The van der Waals surface area contributed by atoms with Gasteiger partial charge in [0.15, 0.2) is 0 Å². The van der Waals surface area contributed by atoms with Gasteiger partial charge in [0.2, 0.25) is 0 Å². The number of fused-ring (bicyclic) bond motifs is 3. The smallest absolute Gasteiger partial charge is 0.135 e. The zero-order valence-electron chi connectivity index (χ0n) is 22.8. The van der Waals surface area contributed by atoms with E-state index in [1.807, 2.05) is 84.9 Å². The molecule has 4 N–H and O–H groups in total. The zero-order valence-corrected chi connectivity index (χ0v) is 22.8. The number of hydrogen-bond acceptors (Lipinski definition) is 4. The van der Waals surface area contributed by atoms with E-state index >= 15 is 0 Å². The Bertz CT molecular complexity index is 2050. The lowest BCUT2D eigenvalue weighted by molar-refractivity contribution is 0.483. The van der Waals surface area contributed by atoms with Crippen LogP contribution in [0, 0.1) is 0 Å². The van der Waals surface area contributed by atoms with Crippen LogP contribution in [0.4, 0.5) is 11.4 Å². The first-order valence-electron chi connectivity index (χ1n) is 13.8. The van der Waals surface area contributed by atoms with Gasteiger partial charge in [-0.15, -0.1) is 0 Å². The molecule has 4 nitrogen and oxygen atoms in total. The Morgan fingerprint density at radius 1 is 0.357 bits per heavy atom. The number of rotatable bonds is 6. The van der Waals surface area contributed by atoms with E-state index in [9.17, 15) is 0 Å². The van der Waals surface area contributed by atoms with Crippen molar-refractivity contribution in [3.63, 3.8) is 0 Å². The number of benzene rings is 7. The fraction of sp³-hybridized carbons (Fsp3) is 0. The first-order chi connectivity index (χ1) is 20.6. The molecule has 202 valence electrons. The van der Waals surface area contributed by atoms with Gasteiger partial charge in [0.1, 0.15) is 23.0 Å². The fourth-order valence-corrected chi connectivity index (χ4v) is 5.47. The van der Waals surface area contributed by atoms with Crippen LogP contribution in [-0.2, 0) is 0 Å². The second-order valence-corrected chi connectivity index (χ2v) is 10.2. The Kier molecular flexibility index (Phi) is 6.42. The number of hydrogen-bond donors (Lipinski definition) is 2. The molecule has 0 amide bonds. The summed E-state index contributed by atoms with van der Waals surface area (Å²) in [6, 6.07) is 48.5. The summed E-state index contributed by atoms with van der Waals surface area (Å²) in [5, 5.41) is 4.70. The van der Waals surface area contributed by atoms with Crippen molar-refractivity contribution in [1.29, 1.82) is 0 Å². The van der Waals surface area contributed by atoms with Crippen molar-refractivity contribution in [1.82, 2.24) is 0 Å². The molecule has 7 rings (SSSR count). The highest BCUT2D eigenvalue weighted by atomic mass is 16.5. The Hall–Kier alpha value is -5.74. The standard InChI is InChI=1S/C38H28N2O2/c39-26-14-18-28(19-15-26)41-36-11-5-3-9-32(36)34-24-23-31-30-8-2-1-7-25(30)13-22-33(31)38(34)35-10-4-6-12-37(35)42-29-20-16-27(40)17-21-29/h1-24H,39-40H2. The molecule has 0 heterocycles. The zero-order chi connectivity index (χ0) is 28.5. The second kappa shape index (κ2) is 10.7. The van der Waals surface area contributed by atoms with Gasteiger partial charge in [-0.25, -0.2) is 0 Å². The average Bonchev–Trinajstić information content (AvgIpc) is 3.03. The number of nitrogen functional groups attached to an aromatic ring is 2. The Morgan fingerprint density at radius 2 is 0.881 bits per heavy atom. The lowest BCUT2D eigenvalue weighted by Crippen LogP contribution is -1.95. The largest absolute Gasteiger partial charge is 0.457 e. The molecule has 0 radical (unpaired) electrons. The molecule has 0 bridgehead atoms. The van der Waals surface area contributed by atoms with Crippen molar-refractivity contribution in [2.45, 2.75) is 0 Å². The highest BCUT2D eigenvalue weighted by Gasteiger charge is 2.19. The molecule has 0 unspecified atom stereocenters. The molecule has 0 atom stereocenters. The highest BCUT2D eigenvalue weighted by molar-refractivity contribution is 6.15. The third-order valence-electron chi connectivity index (χ3n) is 7.48. The Labute approximate surface area is 244 Å². The van der Waals surface area contributed by atoms with Gasteiger partial charge < -0.3 is 20.9 Å². The van der Waals surface area contributed by atoms with E-state index in [2.05, 4.69) is 60.7 Å². The summed E-state index contributed by atoms with van der Waals surface area (Å²) >= 11 is 0. The van der Waals surface area contributed by atoms with Crippen LogP contribution < -0.4 is 20.9 Å². The molecule has 0 spiro atoms. The third-order valence-corrected chi connectivity index (χ3v) is 7.48. The van der Waals surface area contributed by atoms with Gasteiger partial charge in [-0.05, 0) is 87.8 Å². The summed E-state index contributed by atoms with van der Waals surface area (Å²) in [6.07, 6.45) is 0. The summed E-state index contributed by atoms with van der Waals surface area (Å²) in [4.78, 5) is 0. The van der Waals surface area contributed by atoms with Crippen LogP contribution in [0.2, 0.25) is 0 Å². The molecule has 0 aliphatic rings. The minimum Gasteiger partial charge on any atom is -0.457 e. The number of ether oxygens (including phenoxy) is 2. The Morgan fingerprint density at radius 3 is 1.55 bits per heavy atom. The van der Waals surface area contributed by atoms with Gasteiger partial charge in [-0.3, -0.25) is 0 Å². The predicted octanol–water partition coefficient (Wildman–Crippen LogP) is 10.1. The van der Waals surface area contributed by atoms with E-state index in [4.69, 9.17) is 20.9 Å². The van der Waals surface area contributed by atoms with Gasteiger partial charge in [0.25, 0.3) is 0 Å². The predicted molar refractivity (Wildman–Crippen MR) is 174 cm³/mol. The van der Waals surface area contributed by atoms with Gasteiger partial charge >= 0.3 is 0 Å². The maximum atomic E-state index is 6.48. The van der Waals surface area contributed by atoms with Gasteiger partial charge in [0, 0.05) is 28.1 Å². The lowest BCUT2D eigenvalue weighted by Gasteiger charge is -2.20. The van der Waals surface area contributed by atoms with Crippen LogP contribution in [0.1, 0.15) is 0 Å². The maximum Gasteiger partial charge on any atom is 0.135 e. The second-order valence-electron chi connectivity index (χ2n) is 10.2. The van der Waals surface area contributed by atoms with E-state index < -0.39 is 0 Å². The van der Waals surface area contributed by atoms with Crippen LogP contribution in [0.15, 0.2) is 146 Å². The topological polar surface area (TPSA) is 70.5 Å². The molecule has 0 aliphatic carbocycles. The summed E-state index contributed by atoms with van der Waals surface area (Å²) < 4.78 is 12.9. The summed E-state index contributed by atoms with van der Waals surface area (Å²) in [6.45, 7) is 0. The first kappa shape index (κ1) is 25.2. The average molecular weight is 545 g/mol. The van der Waals surface area contributed by atoms with Crippen LogP contribution >= 0.6 is 0 Å². The van der Waals surface area contributed by atoms with Crippen molar-refractivity contribution in [3.05, 3.63) is 146 Å². The van der Waals surface area contributed by atoms with E-state index in [1.54, 1.807) is 0 Å². The van der Waals surface area contributed by atoms with Crippen molar-refractivity contribution in [2.75, 3.05) is 11.5 Å². The molecule has 0 fully saturated rings. The molecule has 0 saturated carbocycles. The summed E-state index contributed by atoms with van der Waals surface area (Å²) in [7, 11) is 0. The molecule has 4 heteroatoms. The van der Waals surface area contributed by atoms with E-state index in [1.165, 1.54) is 16.2 Å². The minimum atomic E-state index is 0.691. The van der Waals surface area contributed by atoms with E-state index in [0.717, 1.165) is 50.6 Å². The van der Waals surface area contributed by atoms with Crippen molar-refractivity contribution in [2.24, 2.45) is 0 Å². The number of anilines is 2. The highest BCUT2D eigenvalue weighted by Crippen LogP contribution is 2.47. The van der Waals surface area contributed by atoms with E-state index in [-0.39, 0.29) is 0 Å². The SMILES string of the molecule is Nc1ccc(Oc2ccccc2-c2ccc3c(ccc4ccccc43)c2-c2ccccc2Oc2ccc(N)cc2)cc1. The first-order valence-corrected chi connectivity index (χ1v) is 13.8. The molecule has 42 heavy (non-hydrogen) atoms. The lowest BCUT2D eigenvalue weighted by atomic mass is 9.87. The molecule has 0 aliphatic heterocycles. The molecular formula is C38H28N2O2. The molecule has 0 aromatic heterocycles. The third kappa shape index (κ3) is 4.76. The van der Waals surface area contributed by atoms with Crippen molar-refractivity contribution in [3.8, 4) is 45.3 Å². The normalized spacial score (nSPS) is 11.0. The monoisotopic (exact) mass is 544 g/mol. The van der Waals surface area contributed by atoms with E-state index in [0.29, 0.717) is 11.4 Å². The van der Waals surface area contributed by atoms with Crippen LogP contribution in [0.3, 0.4) is 0 Å². The molecular weight excluding hydrogens is 516 g/mol. The van der Waals surface area contributed by atoms with Crippen LogP contribution in [0.25, 0.3) is 43.8 Å². The molecule has 0 saturated heterocycles. The van der Waals surface area contributed by atoms with Gasteiger partial charge in [0.05, 0.1) is 0 Å². The number of para-hydroxylation sites is 2. The van der Waals surface area contributed by atoms with Crippen LogP contribution in [-0.4, -0.2) is 0 Å². The Balaban J connectivity index is 1.47. The molecule has 7 aromatic carbocycles. The number of nitrogens with two attached hydrogens (primary N) is 2. The fourth-order valence-electron chi connectivity index (χ4n) is 5.47. The van der Waals surface area contributed by atoms with Crippen LogP contribution in [0.5, 0.6) is 23.0 Å². The molecule has 7 aromatic rings. The quantitative estimate of drug-likeness (QED) is 0.161. The van der Waals surface area contributed by atoms with Gasteiger partial charge in [-0.1, -0.05) is 84.9 Å². The van der Waals surface area contributed by atoms with Gasteiger partial charge in [-0.2, -0.15) is 0 Å². The minimum absolute atomic E-state index is 0.691. The summed E-state index contributed by atoms with van der Waals surface area (Å²) in [5.74, 6) is 2.94.